The van der Waals surface area contributed by atoms with Gasteiger partial charge in [-0.15, -0.1) is 0 Å². The number of nitrogens with one attached hydrogen (secondary N) is 1. The molecule has 0 saturated carbocycles. The van der Waals surface area contributed by atoms with Gasteiger partial charge in [-0.1, -0.05) is 73.5 Å². The maximum atomic E-state index is 15.0. The fraction of sp³-hybridized carbons (Fsp3) is 0.390. The van der Waals surface area contributed by atoms with Crippen LogP contribution in [0.2, 0.25) is 0 Å². The number of hydrogen-bond acceptors (Lipinski definition) is 1. The molecule has 0 aliphatic carbocycles. The molecule has 1 aromatic heterocycles. The number of allylic oxidation sites excluding steroid dienone is 4. The summed E-state index contributed by atoms with van der Waals surface area (Å²) in [5, 5.41) is 0.554. The van der Waals surface area contributed by atoms with Crippen molar-refractivity contribution in [2.45, 2.75) is 86.5 Å². The van der Waals surface area contributed by atoms with E-state index in [1.165, 1.54) is 47.0 Å². The Kier molecular flexibility index (Phi) is 14.3. The third-order valence-corrected chi connectivity index (χ3v) is 9.07. The Morgan fingerprint density at radius 3 is 2.17 bits per heavy atom. The number of benzene rings is 3. The molecule has 1 N–H and O–H groups in total. The number of likely N-dealkylation sites (tertiary alicyclic amines) is 1. The standard InChI is InChI=1S/C26H27F3N2O.C8H10.C7H13F/c1-4-16(2)17-8-10-31(11-9-17)25(32)21-14-24-20(13-23(21)27)22(15-30-24)18-6-5-7-19(12-18)26(3,28)29;1-7-5-3-4-6-8(7)2;1-3-5-6-7(8)4-2/h4-7,12-15,17,30H,8-11H2,1-3H3;3-6H,1-2H3;4H,3,5-6H2,1-2H3/b;;7-4+. The van der Waals surface area contributed by atoms with Crippen molar-refractivity contribution in [1.82, 2.24) is 9.88 Å². The second kappa shape index (κ2) is 17.9. The Hall–Kier alpha value is -4.13. The minimum Gasteiger partial charge on any atom is -0.361 e. The summed E-state index contributed by atoms with van der Waals surface area (Å²) in [5.74, 6) is -3.40. The number of carbonyl (C=O) groups is 1. The monoisotopic (exact) mass is 662 g/mol. The zero-order valence-electron chi connectivity index (χ0n) is 29.4. The average Bonchev–Trinajstić information content (AvgIpc) is 3.50. The van der Waals surface area contributed by atoms with Gasteiger partial charge in [-0.25, -0.2) is 17.6 Å². The highest BCUT2D eigenvalue weighted by atomic mass is 19.3. The van der Waals surface area contributed by atoms with E-state index >= 15 is 4.39 Å². The minimum atomic E-state index is -2.97. The van der Waals surface area contributed by atoms with Crippen molar-refractivity contribution in [2.24, 2.45) is 5.92 Å². The smallest absolute Gasteiger partial charge is 0.270 e. The molecule has 1 aliphatic rings. The lowest BCUT2D eigenvalue weighted by Gasteiger charge is -2.32. The average molecular weight is 663 g/mol. The van der Waals surface area contributed by atoms with Crippen molar-refractivity contribution in [3.8, 4) is 11.1 Å². The van der Waals surface area contributed by atoms with Crippen molar-refractivity contribution >= 4 is 16.8 Å². The van der Waals surface area contributed by atoms with Crippen LogP contribution in [0.25, 0.3) is 22.0 Å². The highest BCUT2D eigenvalue weighted by Gasteiger charge is 2.27. The van der Waals surface area contributed by atoms with Crippen LogP contribution in [-0.2, 0) is 5.92 Å². The molecule has 1 saturated heterocycles. The van der Waals surface area contributed by atoms with Crippen molar-refractivity contribution in [1.29, 1.82) is 0 Å². The van der Waals surface area contributed by atoms with Crippen LogP contribution in [0.15, 0.2) is 90.4 Å². The third-order valence-electron chi connectivity index (χ3n) is 9.07. The largest absolute Gasteiger partial charge is 0.361 e. The predicted molar refractivity (Wildman–Crippen MR) is 192 cm³/mol. The molecule has 1 aliphatic heterocycles. The van der Waals surface area contributed by atoms with Gasteiger partial charge in [0.2, 0.25) is 0 Å². The minimum absolute atomic E-state index is 0.0202. The van der Waals surface area contributed by atoms with E-state index in [-0.39, 0.29) is 22.9 Å². The maximum absolute atomic E-state index is 15.0. The molecule has 0 bridgehead atoms. The molecule has 0 radical (unpaired) electrons. The highest BCUT2D eigenvalue weighted by Crippen LogP contribution is 2.35. The van der Waals surface area contributed by atoms with E-state index in [0.29, 0.717) is 47.5 Å². The number of amides is 1. The van der Waals surface area contributed by atoms with E-state index in [1.54, 1.807) is 30.2 Å². The summed E-state index contributed by atoms with van der Waals surface area (Å²) in [6.07, 6.45) is 9.69. The SMILES string of the molecule is C/C=C(/F)CCCC.CC=C(C)C1CCN(C(=O)c2cc3[nH]cc(-c4cccc(C(C)(F)F)c4)c3cc2F)CC1.Cc1ccccc1C. The van der Waals surface area contributed by atoms with Crippen molar-refractivity contribution in [3.05, 3.63) is 118 Å². The predicted octanol–water partition coefficient (Wildman–Crippen LogP) is 12.3. The lowest BCUT2D eigenvalue weighted by molar-refractivity contribution is 0.0175. The van der Waals surface area contributed by atoms with Crippen LogP contribution in [0.3, 0.4) is 0 Å². The first-order chi connectivity index (χ1) is 22.8. The van der Waals surface area contributed by atoms with Crippen LogP contribution in [0.5, 0.6) is 0 Å². The van der Waals surface area contributed by atoms with Crippen molar-refractivity contribution in [3.63, 3.8) is 0 Å². The zero-order valence-corrected chi connectivity index (χ0v) is 29.4. The zero-order chi connectivity index (χ0) is 35.4. The number of rotatable bonds is 7. The van der Waals surface area contributed by atoms with Crippen LogP contribution in [0.1, 0.15) is 93.8 Å². The molecule has 0 spiro atoms. The van der Waals surface area contributed by atoms with Gasteiger partial charge in [0.05, 0.1) is 11.4 Å². The van der Waals surface area contributed by atoms with Gasteiger partial charge < -0.3 is 9.88 Å². The maximum Gasteiger partial charge on any atom is 0.270 e. The molecular formula is C41H50F4N2O. The number of aromatic amines is 1. The van der Waals surface area contributed by atoms with Gasteiger partial charge in [-0.3, -0.25) is 4.79 Å². The first-order valence-corrected chi connectivity index (χ1v) is 16.8. The van der Waals surface area contributed by atoms with Crippen LogP contribution in [-0.4, -0.2) is 28.9 Å². The highest BCUT2D eigenvalue weighted by molar-refractivity contribution is 6.02. The molecule has 7 heteroatoms. The topological polar surface area (TPSA) is 36.1 Å². The summed E-state index contributed by atoms with van der Waals surface area (Å²) >= 11 is 0. The summed E-state index contributed by atoms with van der Waals surface area (Å²) in [6, 6.07) is 17.3. The van der Waals surface area contributed by atoms with Gasteiger partial charge in [-0.05, 0) is 101 Å². The van der Waals surface area contributed by atoms with E-state index in [0.717, 1.165) is 32.6 Å². The fourth-order valence-corrected chi connectivity index (χ4v) is 5.60. The number of hydrogen-bond donors (Lipinski definition) is 1. The molecular weight excluding hydrogens is 612 g/mol. The first kappa shape index (κ1) is 38.3. The summed E-state index contributed by atoms with van der Waals surface area (Å²) in [5.41, 5.74) is 5.77. The molecule has 4 aromatic rings. The van der Waals surface area contributed by atoms with Crippen LogP contribution < -0.4 is 0 Å². The van der Waals surface area contributed by atoms with E-state index in [9.17, 15) is 18.0 Å². The number of H-pyrrole nitrogens is 1. The first-order valence-electron chi connectivity index (χ1n) is 16.8. The normalized spacial score (nSPS) is 14.3. The number of alkyl halides is 2. The Labute approximate surface area is 283 Å². The third kappa shape index (κ3) is 10.4. The molecule has 5 rings (SSSR count). The number of nitrogens with zero attached hydrogens (tertiary/aromatic N) is 1. The van der Waals surface area contributed by atoms with Crippen LogP contribution in [0, 0.1) is 25.6 Å². The number of carbonyl (C=O) groups excluding carboxylic acids is 1. The molecule has 3 aromatic carbocycles. The molecule has 0 unspecified atom stereocenters. The number of halogens is 4. The van der Waals surface area contributed by atoms with Gasteiger partial charge in [0.25, 0.3) is 11.8 Å². The van der Waals surface area contributed by atoms with Crippen molar-refractivity contribution < 1.29 is 22.4 Å². The number of piperidine rings is 1. The molecule has 48 heavy (non-hydrogen) atoms. The Balaban J connectivity index is 0.000000320. The lowest BCUT2D eigenvalue weighted by Crippen LogP contribution is -2.39. The van der Waals surface area contributed by atoms with Gasteiger partial charge in [-0.2, -0.15) is 0 Å². The number of aryl methyl sites for hydroxylation is 2. The quantitative estimate of drug-likeness (QED) is 0.155. The number of unbranched alkanes of at least 4 members (excludes halogenated alkanes) is 1. The van der Waals surface area contributed by atoms with E-state index < -0.39 is 11.7 Å². The summed E-state index contributed by atoms with van der Waals surface area (Å²) in [7, 11) is 0. The van der Waals surface area contributed by atoms with Gasteiger partial charge in [0, 0.05) is 48.2 Å². The van der Waals surface area contributed by atoms with E-state index in [1.807, 2.05) is 6.92 Å². The van der Waals surface area contributed by atoms with Gasteiger partial charge in [0.15, 0.2) is 0 Å². The summed E-state index contributed by atoms with van der Waals surface area (Å²) in [4.78, 5) is 17.8. The molecule has 258 valence electrons. The van der Waals surface area contributed by atoms with Gasteiger partial charge >= 0.3 is 0 Å². The number of aromatic nitrogens is 1. The Bertz CT molecular complexity index is 1680. The molecule has 1 fully saturated rings. The summed E-state index contributed by atoms with van der Waals surface area (Å²) in [6.45, 7) is 14.2. The second-order valence-corrected chi connectivity index (χ2v) is 12.6. The Morgan fingerprint density at radius 2 is 1.62 bits per heavy atom. The number of fused-ring (bicyclic) bond motifs is 1. The molecule has 3 nitrogen and oxygen atoms in total. The van der Waals surface area contributed by atoms with Gasteiger partial charge in [0.1, 0.15) is 5.82 Å². The van der Waals surface area contributed by atoms with Crippen LogP contribution in [0.4, 0.5) is 17.6 Å². The molecule has 1 amide bonds. The summed E-state index contributed by atoms with van der Waals surface area (Å²) < 4.78 is 54.7. The van der Waals surface area contributed by atoms with E-state index in [2.05, 4.69) is 63.0 Å². The lowest BCUT2D eigenvalue weighted by atomic mass is 9.89. The fourth-order valence-electron chi connectivity index (χ4n) is 5.60. The molecule has 2 heterocycles. The molecule has 0 atom stereocenters. The van der Waals surface area contributed by atoms with E-state index in [4.69, 9.17) is 0 Å². The van der Waals surface area contributed by atoms with Crippen LogP contribution >= 0.6 is 0 Å². The van der Waals surface area contributed by atoms with Crippen molar-refractivity contribution in [2.75, 3.05) is 13.1 Å². The second-order valence-electron chi connectivity index (χ2n) is 12.6. The Morgan fingerprint density at radius 1 is 0.979 bits per heavy atom.